The Balaban J connectivity index is 1.94. The highest BCUT2D eigenvalue weighted by Crippen LogP contribution is 2.13. The van der Waals surface area contributed by atoms with Crippen molar-refractivity contribution in [1.82, 2.24) is 9.88 Å². The van der Waals surface area contributed by atoms with Gasteiger partial charge < -0.3 is 15.4 Å². The van der Waals surface area contributed by atoms with E-state index in [1.807, 2.05) is 17.2 Å². The fraction of sp³-hybridized carbons (Fsp3) is 0.636. The zero-order valence-corrected chi connectivity index (χ0v) is 10.7. The van der Waals surface area contributed by atoms with E-state index in [9.17, 15) is 4.79 Å². The number of aromatic nitrogens is 1. The Bertz CT molecular complexity index is 394. The van der Waals surface area contributed by atoms with Gasteiger partial charge in [-0.3, -0.25) is 4.79 Å². The average Bonchev–Trinajstić information content (AvgIpc) is 2.56. The molecule has 0 spiro atoms. The lowest BCUT2D eigenvalue weighted by atomic mass is 10.2. The van der Waals surface area contributed by atoms with Crippen LogP contribution in [0.15, 0.2) is 5.38 Å². The van der Waals surface area contributed by atoms with E-state index in [0.29, 0.717) is 18.1 Å². The van der Waals surface area contributed by atoms with Crippen molar-refractivity contribution in [2.75, 3.05) is 25.4 Å². The van der Waals surface area contributed by atoms with E-state index in [4.69, 9.17) is 10.5 Å². The Kier molecular flexibility index (Phi) is 3.96. The number of anilines is 1. The molecular weight excluding hydrogens is 238 g/mol. The number of nitrogen functional groups attached to an aromatic ring is 1. The van der Waals surface area contributed by atoms with Crippen molar-refractivity contribution in [3.63, 3.8) is 0 Å². The second-order valence-corrected chi connectivity index (χ2v) is 5.12. The van der Waals surface area contributed by atoms with Crippen LogP contribution in [0.5, 0.6) is 0 Å². The van der Waals surface area contributed by atoms with Crippen LogP contribution in [0.3, 0.4) is 0 Å². The van der Waals surface area contributed by atoms with E-state index in [1.165, 1.54) is 11.3 Å². The molecule has 1 aliphatic heterocycles. The second kappa shape index (κ2) is 5.46. The fourth-order valence-electron chi connectivity index (χ4n) is 1.89. The molecule has 1 fully saturated rings. The molecule has 1 atom stereocenters. The average molecular weight is 255 g/mol. The largest absolute Gasteiger partial charge is 0.377 e. The zero-order valence-electron chi connectivity index (χ0n) is 9.89. The molecule has 2 heterocycles. The number of carbonyl (C=O) groups is 1. The zero-order chi connectivity index (χ0) is 12.3. The van der Waals surface area contributed by atoms with Crippen LogP contribution < -0.4 is 5.73 Å². The summed E-state index contributed by atoms with van der Waals surface area (Å²) >= 11 is 1.37. The summed E-state index contributed by atoms with van der Waals surface area (Å²) < 4.78 is 5.51. The van der Waals surface area contributed by atoms with Crippen LogP contribution in [0.25, 0.3) is 0 Å². The number of rotatable bonds is 2. The Labute approximate surface area is 105 Å². The Hall–Kier alpha value is -1.14. The van der Waals surface area contributed by atoms with Crippen molar-refractivity contribution in [2.24, 2.45) is 0 Å². The molecule has 1 aliphatic rings. The maximum absolute atomic E-state index is 12.1. The minimum atomic E-state index is 0.104. The SMILES string of the molecule is CC1CN(C(=O)Cc2csc(N)n2)CCCO1. The summed E-state index contributed by atoms with van der Waals surface area (Å²) in [5.41, 5.74) is 6.30. The van der Waals surface area contributed by atoms with Crippen LogP contribution in [0, 0.1) is 0 Å². The summed E-state index contributed by atoms with van der Waals surface area (Å²) in [5.74, 6) is 0.104. The molecule has 0 saturated carbocycles. The molecule has 5 nitrogen and oxygen atoms in total. The molecule has 1 saturated heterocycles. The number of carbonyl (C=O) groups excluding carboxylic acids is 1. The molecule has 6 heteroatoms. The third-order valence-corrected chi connectivity index (χ3v) is 3.43. The van der Waals surface area contributed by atoms with Crippen molar-refractivity contribution in [3.05, 3.63) is 11.1 Å². The molecule has 17 heavy (non-hydrogen) atoms. The third kappa shape index (κ3) is 3.41. The normalized spacial score (nSPS) is 21.2. The number of amides is 1. The van der Waals surface area contributed by atoms with Gasteiger partial charge in [0.2, 0.25) is 5.91 Å². The van der Waals surface area contributed by atoms with Crippen LogP contribution in [0.4, 0.5) is 5.13 Å². The molecule has 0 aliphatic carbocycles. The lowest BCUT2D eigenvalue weighted by Gasteiger charge is -2.21. The van der Waals surface area contributed by atoms with Crippen LogP contribution in [0.1, 0.15) is 19.0 Å². The van der Waals surface area contributed by atoms with E-state index in [1.54, 1.807) is 0 Å². The van der Waals surface area contributed by atoms with Crippen LogP contribution in [-0.4, -0.2) is 41.6 Å². The highest BCUT2D eigenvalue weighted by molar-refractivity contribution is 7.13. The standard InChI is InChI=1S/C11H17N3O2S/c1-8-6-14(3-2-4-16-8)10(15)5-9-7-17-11(12)13-9/h7-8H,2-6H2,1H3,(H2,12,13). The topological polar surface area (TPSA) is 68.5 Å². The van der Waals surface area contributed by atoms with Gasteiger partial charge in [0.05, 0.1) is 18.2 Å². The minimum absolute atomic E-state index is 0.104. The summed E-state index contributed by atoms with van der Waals surface area (Å²) in [5, 5.41) is 2.35. The van der Waals surface area contributed by atoms with Gasteiger partial charge in [0.1, 0.15) is 0 Å². The van der Waals surface area contributed by atoms with Crippen LogP contribution >= 0.6 is 11.3 Å². The van der Waals surface area contributed by atoms with E-state index < -0.39 is 0 Å². The van der Waals surface area contributed by atoms with Gasteiger partial charge in [0.25, 0.3) is 0 Å². The van der Waals surface area contributed by atoms with E-state index in [2.05, 4.69) is 4.98 Å². The van der Waals surface area contributed by atoms with Crippen molar-refractivity contribution < 1.29 is 9.53 Å². The quantitative estimate of drug-likeness (QED) is 0.852. The maximum atomic E-state index is 12.1. The van der Waals surface area contributed by atoms with Gasteiger partial charge in [-0.05, 0) is 13.3 Å². The number of nitrogens with zero attached hydrogens (tertiary/aromatic N) is 2. The Morgan fingerprint density at radius 2 is 2.59 bits per heavy atom. The first-order valence-corrected chi connectivity index (χ1v) is 6.62. The number of thiazole rings is 1. The lowest BCUT2D eigenvalue weighted by molar-refractivity contribution is -0.131. The van der Waals surface area contributed by atoms with Gasteiger partial charge in [0.15, 0.2) is 5.13 Å². The molecule has 1 aromatic rings. The molecule has 1 amide bonds. The molecule has 2 rings (SSSR count). The van der Waals surface area contributed by atoms with Crippen molar-refractivity contribution in [1.29, 1.82) is 0 Å². The Morgan fingerprint density at radius 3 is 3.29 bits per heavy atom. The predicted octanol–water partition coefficient (Wildman–Crippen LogP) is 0.905. The van der Waals surface area contributed by atoms with Gasteiger partial charge in [-0.25, -0.2) is 4.98 Å². The Morgan fingerprint density at radius 1 is 1.76 bits per heavy atom. The van der Waals surface area contributed by atoms with Gasteiger partial charge in [-0.2, -0.15) is 0 Å². The first kappa shape index (κ1) is 12.3. The smallest absolute Gasteiger partial charge is 0.228 e. The molecule has 0 aromatic carbocycles. The van der Waals surface area contributed by atoms with Crippen LogP contribution in [-0.2, 0) is 16.0 Å². The van der Waals surface area contributed by atoms with Gasteiger partial charge >= 0.3 is 0 Å². The van der Waals surface area contributed by atoms with E-state index >= 15 is 0 Å². The summed E-state index contributed by atoms with van der Waals surface area (Å²) in [6.07, 6.45) is 1.34. The first-order valence-electron chi connectivity index (χ1n) is 5.74. The van der Waals surface area contributed by atoms with Crippen LogP contribution in [0.2, 0.25) is 0 Å². The molecule has 0 radical (unpaired) electrons. The number of hydrogen-bond donors (Lipinski definition) is 1. The molecular formula is C11H17N3O2S. The monoisotopic (exact) mass is 255 g/mol. The highest BCUT2D eigenvalue weighted by Gasteiger charge is 2.20. The minimum Gasteiger partial charge on any atom is -0.377 e. The molecule has 94 valence electrons. The first-order chi connectivity index (χ1) is 8.15. The van der Waals surface area contributed by atoms with Gasteiger partial charge in [-0.15, -0.1) is 11.3 Å². The van der Waals surface area contributed by atoms with Crippen molar-refractivity contribution in [3.8, 4) is 0 Å². The van der Waals surface area contributed by atoms with Gasteiger partial charge in [0, 0.05) is 25.1 Å². The van der Waals surface area contributed by atoms with Gasteiger partial charge in [-0.1, -0.05) is 0 Å². The summed E-state index contributed by atoms with van der Waals surface area (Å²) in [4.78, 5) is 18.0. The molecule has 1 unspecified atom stereocenters. The third-order valence-electron chi connectivity index (χ3n) is 2.71. The highest BCUT2D eigenvalue weighted by atomic mass is 32.1. The molecule has 2 N–H and O–H groups in total. The summed E-state index contributed by atoms with van der Waals surface area (Å²) in [6.45, 7) is 4.16. The molecule has 1 aromatic heterocycles. The number of hydrogen-bond acceptors (Lipinski definition) is 5. The summed E-state index contributed by atoms with van der Waals surface area (Å²) in [7, 11) is 0. The lowest BCUT2D eigenvalue weighted by Crippen LogP contribution is -2.36. The fourth-order valence-corrected chi connectivity index (χ4v) is 2.45. The predicted molar refractivity (Wildman–Crippen MR) is 66.8 cm³/mol. The number of ether oxygens (including phenoxy) is 1. The van der Waals surface area contributed by atoms with E-state index in [0.717, 1.165) is 25.3 Å². The van der Waals surface area contributed by atoms with E-state index in [-0.39, 0.29) is 12.0 Å². The van der Waals surface area contributed by atoms with Crippen molar-refractivity contribution >= 4 is 22.4 Å². The second-order valence-electron chi connectivity index (χ2n) is 4.23. The summed E-state index contributed by atoms with van der Waals surface area (Å²) in [6, 6.07) is 0. The number of nitrogens with two attached hydrogens (primary N) is 1. The maximum Gasteiger partial charge on any atom is 0.228 e. The molecule has 0 bridgehead atoms. The van der Waals surface area contributed by atoms with Crippen molar-refractivity contribution in [2.45, 2.75) is 25.9 Å².